The molecule has 0 unspecified atom stereocenters. The monoisotopic (exact) mass is 277 g/mol. The number of benzene rings is 1. The number of nitrogens with zero attached hydrogens (tertiary/aromatic N) is 1. The van der Waals surface area contributed by atoms with Crippen LogP contribution in [-0.2, 0) is 11.3 Å². The van der Waals surface area contributed by atoms with Crippen molar-refractivity contribution in [2.45, 2.75) is 18.9 Å². The number of halogens is 4. The normalized spacial score (nSPS) is 15.7. The predicted octanol–water partition coefficient (Wildman–Crippen LogP) is 2.31. The van der Waals surface area contributed by atoms with Crippen molar-refractivity contribution in [1.29, 1.82) is 0 Å². The smallest absolute Gasteiger partial charge is 0.383 e. The van der Waals surface area contributed by atoms with Gasteiger partial charge in [-0.2, -0.15) is 8.78 Å². The second-order valence-corrected chi connectivity index (χ2v) is 4.11. The van der Waals surface area contributed by atoms with Gasteiger partial charge in [0.05, 0.1) is 6.54 Å². The molecule has 19 heavy (non-hydrogen) atoms. The number of hydrogen-bond acceptors (Lipinski definition) is 2. The first-order chi connectivity index (χ1) is 8.93. The summed E-state index contributed by atoms with van der Waals surface area (Å²) < 4.78 is 55.8. The fourth-order valence-corrected chi connectivity index (χ4v) is 1.80. The highest BCUT2D eigenvalue weighted by Gasteiger charge is 2.51. The second kappa shape index (κ2) is 5.07. The van der Waals surface area contributed by atoms with E-state index in [1.165, 1.54) is 0 Å². The van der Waals surface area contributed by atoms with E-state index in [2.05, 4.69) is 0 Å². The molecule has 1 aromatic rings. The SMILES string of the molecule is O=C(N1CCOc2ccccc2C1)C(F)(F)C(F)F. The van der Waals surface area contributed by atoms with E-state index < -0.39 is 18.3 Å². The summed E-state index contributed by atoms with van der Waals surface area (Å²) in [4.78, 5) is 12.2. The third-order valence-electron chi connectivity index (χ3n) is 2.80. The highest BCUT2D eigenvalue weighted by Crippen LogP contribution is 2.29. The lowest BCUT2D eigenvalue weighted by Gasteiger charge is -2.24. The number of carbonyl (C=O) groups is 1. The van der Waals surface area contributed by atoms with Crippen molar-refractivity contribution in [3.05, 3.63) is 29.8 Å². The minimum Gasteiger partial charge on any atom is -0.491 e. The van der Waals surface area contributed by atoms with Crippen molar-refractivity contribution in [2.24, 2.45) is 0 Å². The largest absolute Gasteiger partial charge is 0.491 e. The lowest BCUT2D eigenvalue weighted by molar-refractivity contribution is -0.181. The summed E-state index contributed by atoms with van der Waals surface area (Å²) in [5.74, 6) is -6.07. The summed E-state index contributed by atoms with van der Waals surface area (Å²) >= 11 is 0. The highest BCUT2D eigenvalue weighted by atomic mass is 19.3. The van der Waals surface area contributed by atoms with Crippen molar-refractivity contribution < 1.29 is 27.1 Å². The summed E-state index contributed by atoms with van der Waals surface area (Å²) in [6.07, 6.45) is -4.01. The van der Waals surface area contributed by atoms with E-state index >= 15 is 0 Å². The van der Waals surface area contributed by atoms with Gasteiger partial charge in [-0.25, -0.2) is 8.78 Å². The molecule has 3 nitrogen and oxygen atoms in total. The first-order valence-electron chi connectivity index (χ1n) is 5.59. The van der Waals surface area contributed by atoms with Gasteiger partial charge in [-0.15, -0.1) is 0 Å². The van der Waals surface area contributed by atoms with Crippen molar-refractivity contribution in [3.63, 3.8) is 0 Å². The molecule has 0 aromatic heterocycles. The predicted molar refractivity (Wildman–Crippen MR) is 58.3 cm³/mol. The summed E-state index contributed by atoms with van der Waals surface area (Å²) in [5.41, 5.74) is 0.512. The van der Waals surface area contributed by atoms with E-state index in [1.807, 2.05) is 0 Å². The number of alkyl halides is 4. The number of rotatable bonds is 2. The summed E-state index contributed by atoms with van der Waals surface area (Å²) in [6, 6.07) is 6.58. The first-order valence-corrected chi connectivity index (χ1v) is 5.59. The molecule has 7 heteroatoms. The van der Waals surface area contributed by atoms with Crippen LogP contribution in [-0.4, -0.2) is 36.3 Å². The van der Waals surface area contributed by atoms with Crippen LogP contribution in [0.5, 0.6) is 5.75 Å². The van der Waals surface area contributed by atoms with Crippen LogP contribution in [0, 0.1) is 0 Å². The van der Waals surface area contributed by atoms with Gasteiger partial charge in [0.25, 0.3) is 5.91 Å². The minimum atomic E-state index is -4.67. The molecular formula is C12H11F4NO2. The van der Waals surface area contributed by atoms with Gasteiger partial charge in [0.1, 0.15) is 12.4 Å². The van der Waals surface area contributed by atoms with Gasteiger partial charge < -0.3 is 9.64 Å². The molecule has 0 bridgehead atoms. The molecule has 2 rings (SSSR count). The van der Waals surface area contributed by atoms with Gasteiger partial charge in [-0.05, 0) is 6.07 Å². The van der Waals surface area contributed by atoms with Gasteiger partial charge in [0.2, 0.25) is 0 Å². The molecular weight excluding hydrogens is 266 g/mol. The molecule has 0 spiro atoms. The Morgan fingerprint density at radius 2 is 2.00 bits per heavy atom. The molecule has 1 amide bonds. The van der Waals surface area contributed by atoms with Crippen LogP contribution in [0.15, 0.2) is 24.3 Å². The Bertz CT molecular complexity index is 479. The average Bonchev–Trinajstić information content (AvgIpc) is 2.59. The lowest BCUT2D eigenvalue weighted by Crippen LogP contribution is -2.48. The molecule has 0 aliphatic carbocycles. The van der Waals surface area contributed by atoms with Gasteiger partial charge in [-0.3, -0.25) is 4.79 Å². The van der Waals surface area contributed by atoms with Crippen molar-refractivity contribution in [2.75, 3.05) is 13.2 Å². The number of ether oxygens (including phenoxy) is 1. The minimum absolute atomic E-state index is 0.0118. The fraction of sp³-hybridized carbons (Fsp3) is 0.417. The Morgan fingerprint density at radius 1 is 1.32 bits per heavy atom. The number of para-hydroxylation sites is 1. The van der Waals surface area contributed by atoms with E-state index in [4.69, 9.17) is 4.74 Å². The van der Waals surface area contributed by atoms with E-state index in [1.54, 1.807) is 24.3 Å². The molecule has 104 valence electrons. The summed E-state index contributed by atoms with van der Waals surface area (Å²) in [5, 5.41) is 0. The van der Waals surface area contributed by atoms with Crippen LogP contribution >= 0.6 is 0 Å². The van der Waals surface area contributed by atoms with Crippen LogP contribution in [0.1, 0.15) is 5.56 Å². The van der Waals surface area contributed by atoms with Gasteiger partial charge >= 0.3 is 12.3 Å². The van der Waals surface area contributed by atoms with E-state index in [0.717, 1.165) is 0 Å². The van der Waals surface area contributed by atoms with E-state index in [9.17, 15) is 22.4 Å². The fourth-order valence-electron chi connectivity index (χ4n) is 1.80. The average molecular weight is 277 g/mol. The molecule has 1 aliphatic rings. The Morgan fingerprint density at radius 3 is 2.68 bits per heavy atom. The van der Waals surface area contributed by atoms with Gasteiger partial charge in [0.15, 0.2) is 0 Å². The van der Waals surface area contributed by atoms with E-state index in [0.29, 0.717) is 16.2 Å². The maximum atomic E-state index is 13.1. The molecule has 0 atom stereocenters. The molecule has 0 saturated heterocycles. The Kier molecular flexibility index (Phi) is 3.64. The number of carbonyl (C=O) groups excluding carboxylic acids is 1. The van der Waals surface area contributed by atoms with Crippen LogP contribution in [0.4, 0.5) is 17.6 Å². The van der Waals surface area contributed by atoms with Crippen LogP contribution in [0.3, 0.4) is 0 Å². The van der Waals surface area contributed by atoms with E-state index in [-0.39, 0.29) is 19.7 Å². The quantitative estimate of drug-likeness (QED) is 0.776. The van der Waals surface area contributed by atoms with Gasteiger partial charge in [-0.1, -0.05) is 18.2 Å². The van der Waals surface area contributed by atoms with Crippen molar-refractivity contribution in [3.8, 4) is 5.75 Å². The maximum absolute atomic E-state index is 13.1. The Balaban J connectivity index is 2.21. The lowest BCUT2D eigenvalue weighted by atomic mass is 10.2. The summed E-state index contributed by atoms with van der Waals surface area (Å²) in [7, 11) is 0. The third kappa shape index (κ3) is 2.64. The molecule has 1 heterocycles. The molecule has 0 fully saturated rings. The zero-order chi connectivity index (χ0) is 14.0. The zero-order valence-electron chi connectivity index (χ0n) is 9.78. The Labute approximate surface area is 106 Å². The molecule has 0 radical (unpaired) electrons. The second-order valence-electron chi connectivity index (χ2n) is 4.11. The van der Waals surface area contributed by atoms with Crippen LogP contribution in [0.2, 0.25) is 0 Å². The number of hydrogen-bond donors (Lipinski definition) is 0. The first kappa shape index (κ1) is 13.6. The molecule has 1 aliphatic heterocycles. The highest BCUT2D eigenvalue weighted by molar-refractivity contribution is 5.84. The molecule has 0 N–H and O–H groups in total. The van der Waals surface area contributed by atoms with Crippen LogP contribution in [0.25, 0.3) is 0 Å². The van der Waals surface area contributed by atoms with Crippen molar-refractivity contribution in [1.82, 2.24) is 4.90 Å². The Hall–Kier alpha value is -1.79. The standard InChI is InChI=1S/C12H11F4NO2/c13-10(14)12(15,16)11(18)17-5-6-19-9-4-2-1-3-8(9)7-17/h1-4,10H,5-7H2. The van der Waals surface area contributed by atoms with Gasteiger partial charge in [0, 0.05) is 12.1 Å². The third-order valence-corrected chi connectivity index (χ3v) is 2.80. The van der Waals surface area contributed by atoms with Crippen LogP contribution < -0.4 is 4.74 Å². The summed E-state index contributed by atoms with van der Waals surface area (Å²) in [6.45, 7) is -0.338. The van der Waals surface area contributed by atoms with Crippen molar-refractivity contribution >= 4 is 5.91 Å². The number of amides is 1. The molecule has 0 saturated carbocycles. The number of fused-ring (bicyclic) bond motifs is 1. The zero-order valence-corrected chi connectivity index (χ0v) is 9.78. The maximum Gasteiger partial charge on any atom is 0.383 e. The topological polar surface area (TPSA) is 29.5 Å². The molecule has 1 aromatic carbocycles.